The summed E-state index contributed by atoms with van der Waals surface area (Å²) in [5.74, 6) is -2.26. The molecule has 1 heterocycles. The minimum atomic E-state index is -1.37. The van der Waals surface area contributed by atoms with Gasteiger partial charge in [-0.05, 0) is 18.2 Å². The van der Waals surface area contributed by atoms with Crippen molar-refractivity contribution in [2.45, 2.75) is 0 Å². The number of benzene rings is 1. The Hall–Kier alpha value is -3.01. The molecule has 1 aromatic carbocycles. The van der Waals surface area contributed by atoms with Crippen molar-refractivity contribution < 1.29 is 19.0 Å². The van der Waals surface area contributed by atoms with Crippen LogP contribution in [0.1, 0.15) is 16.1 Å². The van der Waals surface area contributed by atoms with Gasteiger partial charge < -0.3 is 9.84 Å². The molecule has 2 aromatic rings. The fourth-order valence-corrected chi connectivity index (χ4v) is 1.29. The lowest BCUT2D eigenvalue weighted by molar-refractivity contribution is 0.0692. The van der Waals surface area contributed by atoms with E-state index in [0.717, 1.165) is 12.1 Å². The monoisotopic (exact) mass is 259 g/mol. The first-order valence-electron chi connectivity index (χ1n) is 5.04. The van der Waals surface area contributed by atoms with Crippen LogP contribution >= 0.6 is 0 Å². The Bertz CT molecular complexity index is 682. The number of hydrogen-bond donors (Lipinski definition) is 1. The maximum atomic E-state index is 13.4. The minimum Gasteiger partial charge on any atom is -0.478 e. The summed E-state index contributed by atoms with van der Waals surface area (Å²) in [6, 6.07) is 6.32. The van der Waals surface area contributed by atoms with Gasteiger partial charge in [0.2, 0.25) is 0 Å². The Kier molecular flexibility index (Phi) is 3.34. The highest BCUT2D eigenvalue weighted by Crippen LogP contribution is 2.20. The molecule has 6 nitrogen and oxygen atoms in total. The third-order valence-corrected chi connectivity index (χ3v) is 2.13. The highest BCUT2D eigenvalue weighted by atomic mass is 19.1. The van der Waals surface area contributed by atoms with Gasteiger partial charge >= 0.3 is 12.0 Å². The lowest BCUT2D eigenvalue weighted by atomic mass is 10.2. The molecule has 0 fully saturated rings. The number of carboxylic acids is 1. The molecule has 0 aliphatic carbocycles. The number of aromatic nitrogens is 2. The second-order valence-electron chi connectivity index (χ2n) is 3.39. The van der Waals surface area contributed by atoms with Gasteiger partial charge in [-0.3, -0.25) is 0 Å². The molecule has 19 heavy (non-hydrogen) atoms. The predicted octanol–water partition coefficient (Wildman–Crippen LogP) is 1.98. The first-order valence-corrected chi connectivity index (χ1v) is 5.04. The lowest BCUT2D eigenvalue weighted by Crippen LogP contribution is -2.01. The fraction of sp³-hybridized carbons (Fsp3) is 0. The molecule has 0 saturated carbocycles. The van der Waals surface area contributed by atoms with Crippen molar-refractivity contribution >= 4 is 5.97 Å². The second-order valence-corrected chi connectivity index (χ2v) is 3.39. The van der Waals surface area contributed by atoms with Crippen LogP contribution in [0.3, 0.4) is 0 Å². The number of aromatic carboxylic acids is 1. The van der Waals surface area contributed by atoms with E-state index in [9.17, 15) is 9.18 Å². The Morgan fingerprint density at radius 1 is 1.42 bits per heavy atom. The standard InChI is InChI=1S/C12H6FN3O3/c13-10-5-8(1-2-9(10)11(17)18)19-12-15-4-3-7(6-14)16-12/h1-5H,(H,17,18). The largest absolute Gasteiger partial charge is 0.478 e. The maximum absolute atomic E-state index is 13.4. The Morgan fingerprint density at radius 3 is 2.84 bits per heavy atom. The molecule has 0 atom stereocenters. The van der Waals surface area contributed by atoms with Crippen LogP contribution < -0.4 is 4.74 Å². The first kappa shape index (κ1) is 12.4. The lowest BCUT2D eigenvalue weighted by Gasteiger charge is -2.04. The molecule has 0 unspecified atom stereocenters. The van der Waals surface area contributed by atoms with Crippen LogP contribution in [0.2, 0.25) is 0 Å². The van der Waals surface area contributed by atoms with E-state index in [1.54, 1.807) is 6.07 Å². The minimum absolute atomic E-state index is 0.0394. The summed E-state index contributed by atoms with van der Waals surface area (Å²) in [6.45, 7) is 0. The predicted molar refractivity (Wildman–Crippen MR) is 60.2 cm³/mol. The Balaban J connectivity index is 2.26. The number of rotatable bonds is 3. The first-order chi connectivity index (χ1) is 9.10. The molecule has 1 N–H and O–H groups in total. The van der Waals surface area contributed by atoms with E-state index in [0.29, 0.717) is 0 Å². The number of carboxylic acid groups (broad SMARTS) is 1. The summed E-state index contributed by atoms with van der Waals surface area (Å²) >= 11 is 0. The van der Waals surface area contributed by atoms with Crippen molar-refractivity contribution in [3.8, 4) is 17.8 Å². The third-order valence-electron chi connectivity index (χ3n) is 2.13. The van der Waals surface area contributed by atoms with E-state index < -0.39 is 17.3 Å². The summed E-state index contributed by atoms with van der Waals surface area (Å²) in [7, 11) is 0. The van der Waals surface area contributed by atoms with E-state index in [2.05, 4.69) is 9.97 Å². The van der Waals surface area contributed by atoms with Gasteiger partial charge in [0.15, 0.2) is 0 Å². The van der Waals surface area contributed by atoms with Gasteiger partial charge in [0.25, 0.3) is 0 Å². The summed E-state index contributed by atoms with van der Waals surface area (Å²) in [6.07, 6.45) is 1.32. The van der Waals surface area contributed by atoms with E-state index >= 15 is 0 Å². The summed E-state index contributed by atoms with van der Waals surface area (Å²) < 4.78 is 18.5. The SMILES string of the molecule is N#Cc1ccnc(Oc2ccc(C(=O)O)c(F)c2)n1. The zero-order valence-corrected chi connectivity index (χ0v) is 9.37. The fourth-order valence-electron chi connectivity index (χ4n) is 1.29. The number of hydrogen-bond acceptors (Lipinski definition) is 5. The zero-order valence-electron chi connectivity index (χ0n) is 9.37. The summed E-state index contributed by atoms with van der Waals surface area (Å²) in [5, 5.41) is 17.3. The maximum Gasteiger partial charge on any atom is 0.338 e. The highest BCUT2D eigenvalue weighted by Gasteiger charge is 2.11. The van der Waals surface area contributed by atoms with Crippen molar-refractivity contribution in [2.75, 3.05) is 0 Å². The van der Waals surface area contributed by atoms with E-state index in [1.807, 2.05) is 0 Å². The molecule has 0 bridgehead atoms. The average Bonchev–Trinajstić information content (AvgIpc) is 2.38. The molecule has 0 radical (unpaired) electrons. The van der Waals surface area contributed by atoms with Gasteiger partial charge in [-0.2, -0.15) is 10.2 Å². The number of carbonyl (C=O) groups is 1. The van der Waals surface area contributed by atoms with Crippen LogP contribution in [-0.2, 0) is 0 Å². The molecule has 94 valence electrons. The van der Waals surface area contributed by atoms with Gasteiger partial charge in [0, 0.05) is 12.3 Å². The van der Waals surface area contributed by atoms with E-state index in [4.69, 9.17) is 15.1 Å². The van der Waals surface area contributed by atoms with Crippen molar-refractivity contribution in [1.82, 2.24) is 9.97 Å². The quantitative estimate of drug-likeness (QED) is 0.905. The van der Waals surface area contributed by atoms with Crippen molar-refractivity contribution in [2.24, 2.45) is 0 Å². The van der Waals surface area contributed by atoms with Crippen molar-refractivity contribution in [3.63, 3.8) is 0 Å². The van der Waals surface area contributed by atoms with Crippen LogP contribution in [-0.4, -0.2) is 21.0 Å². The molecule has 1 aromatic heterocycles. The summed E-state index contributed by atoms with van der Waals surface area (Å²) in [4.78, 5) is 18.1. The number of halogens is 1. The van der Waals surface area contributed by atoms with Crippen molar-refractivity contribution in [3.05, 3.63) is 47.5 Å². The van der Waals surface area contributed by atoms with Gasteiger partial charge in [-0.1, -0.05) is 0 Å². The molecule has 2 rings (SSSR count). The molecule has 0 spiro atoms. The van der Waals surface area contributed by atoms with Crippen LogP contribution in [0, 0.1) is 17.1 Å². The smallest absolute Gasteiger partial charge is 0.338 e. The molecular formula is C12H6FN3O3. The Labute approximate surface area is 106 Å². The van der Waals surface area contributed by atoms with Gasteiger partial charge in [-0.15, -0.1) is 0 Å². The topological polar surface area (TPSA) is 96.1 Å². The van der Waals surface area contributed by atoms with Gasteiger partial charge in [0.05, 0.1) is 5.56 Å². The molecular weight excluding hydrogens is 253 g/mol. The van der Waals surface area contributed by atoms with E-state index in [1.165, 1.54) is 18.3 Å². The van der Waals surface area contributed by atoms with Crippen LogP contribution in [0.15, 0.2) is 30.5 Å². The van der Waals surface area contributed by atoms with Gasteiger partial charge in [-0.25, -0.2) is 14.2 Å². The Morgan fingerprint density at radius 2 is 2.21 bits per heavy atom. The zero-order chi connectivity index (χ0) is 13.8. The van der Waals surface area contributed by atoms with Crippen LogP contribution in [0.4, 0.5) is 4.39 Å². The van der Waals surface area contributed by atoms with Crippen molar-refractivity contribution in [1.29, 1.82) is 5.26 Å². The number of ether oxygens (including phenoxy) is 1. The number of nitriles is 1. The van der Waals surface area contributed by atoms with Crippen LogP contribution in [0.5, 0.6) is 11.8 Å². The number of nitrogens with zero attached hydrogens (tertiary/aromatic N) is 3. The average molecular weight is 259 g/mol. The normalized spacial score (nSPS) is 9.68. The van der Waals surface area contributed by atoms with E-state index in [-0.39, 0.29) is 17.5 Å². The molecule has 7 heteroatoms. The molecule has 0 saturated heterocycles. The molecule has 0 amide bonds. The van der Waals surface area contributed by atoms with Gasteiger partial charge in [0.1, 0.15) is 23.3 Å². The second kappa shape index (κ2) is 5.10. The molecule has 0 aliphatic rings. The highest BCUT2D eigenvalue weighted by molar-refractivity contribution is 5.88. The third kappa shape index (κ3) is 2.81. The molecule has 0 aliphatic heterocycles. The van der Waals surface area contributed by atoms with Crippen LogP contribution in [0.25, 0.3) is 0 Å². The summed E-state index contributed by atoms with van der Waals surface area (Å²) in [5.41, 5.74) is -0.355.